The van der Waals surface area contributed by atoms with Gasteiger partial charge in [-0.1, -0.05) is 27.2 Å². The highest BCUT2D eigenvalue weighted by Crippen LogP contribution is 2.64. The molecule has 1 heterocycles. The Morgan fingerprint density at radius 1 is 1.06 bits per heavy atom. The van der Waals surface area contributed by atoms with Gasteiger partial charge in [0.1, 0.15) is 5.60 Å². The average Bonchev–Trinajstić information content (AvgIpc) is 2.53. The fourth-order valence-corrected chi connectivity index (χ4v) is 5.65. The fourth-order valence-electron chi connectivity index (χ4n) is 5.65. The molecule has 3 aliphatic rings. The van der Waals surface area contributed by atoms with Gasteiger partial charge in [-0.3, -0.25) is 4.79 Å². The van der Waals surface area contributed by atoms with E-state index < -0.39 is 0 Å². The zero-order valence-corrected chi connectivity index (χ0v) is 12.2. The van der Waals surface area contributed by atoms with E-state index in [0.29, 0.717) is 23.2 Å². The Morgan fingerprint density at radius 3 is 2.50 bits per heavy atom. The predicted molar refractivity (Wildman–Crippen MR) is 71.1 cm³/mol. The lowest BCUT2D eigenvalue weighted by molar-refractivity contribution is -0.164. The maximum absolute atomic E-state index is 11.8. The highest BCUT2D eigenvalue weighted by atomic mass is 16.6. The first kappa shape index (κ1) is 12.5. The van der Waals surface area contributed by atoms with Crippen molar-refractivity contribution in [3.05, 3.63) is 0 Å². The molecule has 1 saturated heterocycles. The fraction of sp³-hybridized carbons (Fsp3) is 0.938. The summed E-state index contributed by atoms with van der Waals surface area (Å²) in [5.74, 6) is 1.23. The number of fused-ring (bicyclic) bond motifs is 3. The van der Waals surface area contributed by atoms with Crippen molar-refractivity contribution in [3.63, 3.8) is 0 Å². The summed E-state index contributed by atoms with van der Waals surface area (Å²) in [7, 11) is 0. The zero-order chi connectivity index (χ0) is 13.2. The quantitative estimate of drug-likeness (QED) is 0.609. The lowest BCUT2D eigenvalue weighted by Crippen LogP contribution is -2.55. The summed E-state index contributed by atoms with van der Waals surface area (Å²) in [6.07, 6.45) is 6.86. The number of carbonyl (C=O) groups is 1. The number of ether oxygens (including phenoxy) is 1. The molecule has 102 valence electrons. The standard InChI is InChI=1S/C16H26O2/c1-14(2)7-5-8-15(3)11(14)6-9-16(4)12(15)10-13(17)18-16/h11-12H,5-10H2,1-4H3/t11?,12?,15-,16+/m0/s1. The van der Waals surface area contributed by atoms with E-state index in [0.717, 1.165) is 12.3 Å². The van der Waals surface area contributed by atoms with E-state index in [9.17, 15) is 4.79 Å². The second kappa shape index (κ2) is 3.52. The Kier molecular flexibility index (Phi) is 2.44. The Bertz CT molecular complexity index is 387. The molecule has 0 aromatic rings. The topological polar surface area (TPSA) is 26.3 Å². The highest BCUT2D eigenvalue weighted by molar-refractivity contribution is 5.73. The van der Waals surface area contributed by atoms with Gasteiger partial charge in [-0.05, 0) is 49.4 Å². The monoisotopic (exact) mass is 250 g/mol. The van der Waals surface area contributed by atoms with Crippen LogP contribution in [-0.4, -0.2) is 11.6 Å². The van der Waals surface area contributed by atoms with Crippen molar-refractivity contribution in [1.29, 1.82) is 0 Å². The molecule has 3 fully saturated rings. The molecule has 2 unspecified atom stereocenters. The Morgan fingerprint density at radius 2 is 1.78 bits per heavy atom. The van der Waals surface area contributed by atoms with E-state index in [1.807, 2.05) is 0 Å². The van der Waals surface area contributed by atoms with Crippen molar-refractivity contribution in [2.45, 2.75) is 71.8 Å². The highest BCUT2D eigenvalue weighted by Gasteiger charge is 2.62. The molecule has 4 atom stereocenters. The van der Waals surface area contributed by atoms with Crippen LogP contribution < -0.4 is 0 Å². The molecule has 0 bridgehead atoms. The number of hydrogen-bond acceptors (Lipinski definition) is 2. The molecular weight excluding hydrogens is 224 g/mol. The van der Waals surface area contributed by atoms with E-state index in [1.165, 1.54) is 25.7 Å². The zero-order valence-electron chi connectivity index (χ0n) is 12.2. The van der Waals surface area contributed by atoms with Crippen LogP contribution in [0.2, 0.25) is 0 Å². The molecule has 0 aromatic carbocycles. The van der Waals surface area contributed by atoms with Gasteiger partial charge in [0.25, 0.3) is 0 Å². The van der Waals surface area contributed by atoms with Gasteiger partial charge in [0.2, 0.25) is 0 Å². The van der Waals surface area contributed by atoms with E-state index in [4.69, 9.17) is 4.74 Å². The van der Waals surface area contributed by atoms with Crippen LogP contribution in [0.1, 0.15) is 66.2 Å². The molecule has 0 aromatic heterocycles. The first-order valence-corrected chi connectivity index (χ1v) is 7.50. The second-order valence-electron chi connectivity index (χ2n) is 7.98. The molecular formula is C16H26O2. The summed E-state index contributed by atoms with van der Waals surface area (Å²) in [6.45, 7) is 9.46. The maximum Gasteiger partial charge on any atom is 0.306 e. The van der Waals surface area contributed by atoms with Gasteiger partial charge in [-0.2, -0.15) is 0 Å². The summed E-state index contributed by atoms with van der Waals surface area (Å²) in [6, 6.07) is 0. The molecule has 0 N–H and O–H groups in total. The van der Waals surface area contributed by atoms with Crippen LogP contribution in [0.25, 0.3) is 0 Å². The van der Waals surface area contributed by atoms with Crippen molar-refractivity contribution < 1.29 is 9.53 Å². The molecule has 2 nitrogen and oxygen atoms in total. The third kappa shape index (κ3) is 1.50. The largest absolute Gasteiger partial charge is 0.459 e. The van der Waals surface area contributed by atoms with Gasteiger partial charge in [-0.15, -0.1) is 0 Å². The van der Waals surface area contributed by atoms with Gasteiger partial charge >= 0.3 is 5.97 Å². The number of hydrogen-bond donors (Lipinski definition) is 0. The molecule has 2 saturated carbocycles. The van der Waals surface area contributed by atoms with Gasteiger partial charge in [-0.25, -0.2) is 0 Å². The van der Waals surface area contributed by atoms with Crippen LogP contribution in [0.3, 0.4) is 0 Å². The van der Waals surface area contributed by atoms with E-state index in [2.05, 4.69) is 27.7 Å². The summed E-state index contributed by atoms with van der Waals surface area (Å²) in [5, 5.41) is 0. The summed E-state index contributed by atoms with van der Waals surface area (Å²) in [5.41, 5.74) is 0.566. The Balaban J connectivity index is 2.00. The molecule has 3 rings (SSSR count). The molecule has 0 radical (unpaired) electrons. The van der Waals surface area contributed by atoms with Crippen LogP contribution in [0.15, 0.2) is 0 Å². The minimum Gasteiger partial charge on any atom is -0.459 e. The minimum absolute atomic E-state index is 0.0350. The van der Waals surface area contributed by atoms with Crippen LogP contribution in [0, 0.1) is 22.7 Å². The van der Waals surface area contributed by atoms with Gasteiger partial charge < -0.3 is 4.74 Å². The van der Waals surface area contributed by atoms with Crippen LogP contribution in [0.4, 0.5) is 0 Å². The Labute approximate surface area is 110 Å². The number of rotatable bonds is 0. The van der Waals surface area contributed by atoms with Crippen LogP contribution in [-0.2, 0) is 9.53 Å². The molecule has 18 heavy (non-hydrogen) atoms. The minimum atomic E-state index is -0.171. The molecule has 2 heteroatoms. The lowest BCUT2D eigenvalue weighted by atomic mass is 9.45. The molecule has 0 spiro atoms. The summed E-state index contributed by atoms with van der Waals surface area (Å²) in [4.78, 5) is 11.8. The van der Waals surface area contributed by atoms with Crippen molar-refractivity contribution >= 4 is 5.97 Å². The van der Waals surface area contributed by atoms with Crippen molar-refractivity contribution in [1.82, 2.24) is 0 Å². The normalized spacial score (nSPS) is 50.3. The lowest BCUT2D eigenvalue weighted by Gasteiger charge is -2.59. The van der Waals surface area contributed by atoms with E-state index in [-0.39, 0.29) is 11.6 Å². The molecule has 2 aliphatic carbocycles. The third-order valence-corrected chi connectivity index (χ3v) is 6.46. The summed E-state index contributed by atoms with van der Waals surface area (Å²) >= 11 is 0. The Hall–Kier alpha value is -0.530. The van der Waals surface area contributed by atoms with Gasteiger partial charge in [0, 0.05) is 5.92 Å². The average molecular weight is 250 g/mol. The SMILES string of the molecule is CC1(C)CCC[C@@]2(C)C1CC[C@@]1(C)OC(=O)CC21. The smallest absolute Gasteiger partial charge is 0.306 e. The molecule has 1 aliphatic heterocycles. The third-order valence-electron chi connectivity index (χ3n) is 6.46. The van der Waals surface area contributed by atoms with Crippen LogP contribution >= 0.6 is 0 Å². The van der Waals surface area contributed by atoms with Gasteiger partial charge in [0.05, 0.1) is 6.42 Å². The second-order valence-corrected chi connectivity index (χ2v) is 7.98. The number of esters is 1. The first-order valence-electron chi connectivity index (χ1n) is 7.50. The van der Waals surface area contributed by atoms with Crippen molar-refractivity contribution in [2.24, 2.45) is 22.7 Å². The number of carbonyl (C=O) groups excluding carboxylic acids is 1. The van der Waals surface area contributed by atoms with E-state index >= 15 is 0 Å². The summed E-state index contributed by atoms with van der Waals surface area (Å²) < 4.78 is 5.70. The molecule has 0 amide bonds. The first-order chi connectivity index (χ1) is 8.28. The van der Waals surface area contributed by atoms with Crippen LogP contribution in [0.5, 0.6) is 0 Å². The van der Waals surface area contributed by atoms with Crippen molar-refractivity contribution in [3.8, 4) is 0 Å². The van der Waals surface area contributed by atoms with E-state index in [1.54, 1.807) is 0 Å². The maximum atomic E-state index is 11.8. The van der Waals surface area contributed by atoms with Gasteiger partial charge in [0.15, 0.2) is 0 Å². The predicted octanol–water partition coefficient (Wildman–Crippen LogP) is 3.93. The van der Waals surface area contributed by atoms with Crippen molar-refractivity contribution in [2.75, 3.05) is 0 Å².